The molecule has 0 atom stereocenters. The number of carbonyl (C=O) groups is 2. The van der Waals surface area contributed by atoms with Crippen molar-refractivity contribution in [2.45, 2.75) is 45.4 Å². The van der Waals surface area contributed by atoms with Crippen molar-refractivity contribution >= 4 is 29.1 Å². The molecule has 6 heteroatoms. The van der Waals surface area contributed by atoms with Crippen LogP contribution in [0.15, 0.2) is 18.2 Å². The van der Waals surface area contributed by atoms with Gasteiger partial charge in [0.05, 0.1) is 23.9 Å². The van der Waals surface area contributed by atoms with Gasteiger partial charge in [-0.25, -0.2) is 0 Å². The summed E-state index contributed by atoms with van der Waals surface area (Å²) in [4.78, 5) is 27.2. The zero-order valence-corrected chi connectivity index (χ0v) is 16.1. The van der Waals surface area contributed by atoms with E-state index in [-0.39, 0.29) is 17.2 Å². The van der Waals surface area contributed by atoms with Crippen molar-refractivity contribution in [1.29, 1.82) is 0 Å². The van der Waals surface area contributed by atoms with Crippen LogP contribution in [0, 0.1) is 12.3 Å². The number of hydrogen-bond acceptors (Lipinski definition) is 3. The van der Waals surface area contributed by atoms with Crippen LogP contribution in [0.4, 0.5) is 5.69 Å². The van der Waals surface area contributed by atoms with E-state index < -0.39 is 0 Å². The number of halogens is 1. The number of hydrogen-bond donors (Lipinski definition) is 1. The number of nitrogens with zero attached hydrogens (tertiary/aromatic N) is 1. The number of nitrogens with one attached hydrogen (secondary N) is 1. The van der Waals surface area contributed by atoms with Crippen LogP contribution in [0.2, 0.25) is 5.02 Å². The predicted molar refractivity (Wildman–Crippen MR) is 102 cm³/mol. The highest BCUT2D eigenvalue weighted by atomic mass is 35.5. The molecule has 1 aromatic carbocycles. The van der Waals surface area contributed by atoms with Crippen molar-refractivity contribution in [3.05, 3.63) is 28.8 Å². The van der Waals surface area contributed by atoms with Crippen molar-refractivity contribution in [2.24, 2.45) is 5.41 Å². The lowest BCUT2D eigenvalue weighted by atomic mass is 9.78. The van der Waals surface area contributed by atoms with Crippen molar-refractivity contribution in [1.82, 2.24) is 4.90 Å². The number of carbonyl (C=O) groups excluding carboxylic acids is 2. The number of amides is 2. The predicted octanol–water partition coefficient (Wildman–Crippen LogP) is 3.79. The molecule has 2 amide bonds. The van der Waals surface area contributed by atoms with Crippen molar-refractivity contribution in [2.75, 3.05) is 31.6 Å². The molecule has 0 radical (unpaired) electrons. The summed E-state index contributed by atoms with van der Waals surface area (Å²) in [6.45, 7) is 4.47. The third kappa shape index (κ3) is 4.77. The molecule has 0 unspecified atom stereocenters. The molecule has 0 spiro atoms. The SMILES string of the molecule is Cc1ccc(NC(=O)CC2(CC(=O)N3CCOCC3)CCCC2)c(Cl)c1. The molecule has 0 aromatic heterocycles. The third-order valence-corrected chi connectivity index (χ3v) is 5.80. The Kier molecular flexibility index (Phi) is 6.20. The second kappa shape index (κ2) is 8.40. The number of anilines is 1. The van der Waals surface area contributed by atoms with Gasteiger partial charge in [-0.3, -0.25) is 9.59 Å². The lowest BCUT2D eigenvalue weighted by molar-refractivity contribution is -0.138. The van der Waals surface area contributed by atoms with E-state index in [1.807, 2.05) is 30.0 Å². The van der Waals surface area contributed by atoms with Crippen LogP contribution in [0.1, 0.15) is 44.1 Å². The molecule has 1 aromatic rings. The molecule has 26 heavy (non-hydrogen) atoms. The van der Waals surface area contributed by atoms with Gasteiger partial charge < -0.3 is 15.0 Å². The van der Waals surface area contributed by atoms with Crippen LogP contribution in [-0.2, 0) is 14.3 Å². The topological polar surface area (TPSA) is 58.6 Å². The fraction of sp³-hybridized carbons (Fsp3) is 0.600. The van der Waals surface area contributed by atoms with Gasteiger partial charge in [-0.15, -0.1) is 0 Å². The Bertz CT molecular complexity index is 665. The normalized spacial score (nSPS) is 19.4. The first-order chi connectivity index (χ1) is 12.5. The molecule has 1 heterocycles. The van der Waals surface area contributed by atoms with Crippen LogP contribution in [0.3, 0.4) is 0 Å². The quantitative estimate of drug-likeness (QED) is 0.848. The minimum Gasteiger partial charge on any atom is -0.378 e. The number of ether oxygens (including phenoxy) is 1. The van der Waals surface area contributed by atoms with Gasteiger partial charge >= 0.3 is 0 Å². The van der Waals surface area contributed by atoms with Crippen LogP contribution in [0.5, 0.6) is 0 Å². The van der Waals surface area contributed by atoms with Gasteiger partial charge in [-0.05, 0) is 42.9 Å². The summed E-state index contributed by atoms with van der Waals surface area (Å²) in [6, 6.07) is 5.59. The van der Waals surface area contributed by atoms with Gasteiger partial charge in [-0.2, -0.15) is 0 Å². The maximum atomic E-state index is 12.7. The Balaban J connectivity index is 1.63. The monoisotopic (exact) mass is 378 g/mol. The highest BCUT2D eigenvalue weighted by molar-refractivity contribution is 6.33. The average molecular weight is 379 g/mol. The smallest absolute Gasteiger partial charge is 0.224 e. The molecule has 1 aliphatic carbocycles. The van der Waals surface area contributed by atoms with Gasteiger partial charge in [0.15, 0.2) is 0 Å². The molecule has 1 saturated carbocycles. The molecule has 2 fully saturated rings. The summed E-state index contributed by atoms with van der Waals surface area (Å²) in [6.07, 6.45) is 4.83. The standard InChI is InChI=1S/C20H27ClN2O3/c1-15-4-5-17(16(21)12-15)22-18(24)13-20(6-2-3-7-20)14-19(25)23-8-10-26-11-9-23/h4-5,12H,2-3,6-11,13-14H2,1H3,(H,22,24). The molecule has 2 aliphatic rings. The number of rotatable bonds is 5. The van der Waals surface area contributed by atoms with E-state index in [0.717, 1.165) is 31.2 Å². The second-order valence-electron chi connectivity index (χ2n) is 7.59. The zero-order valence-electron chi connectivity index (χ0n) is 15.4. The van der Waals surface area contributed by atoms with Crippen molar-refractivity contribution in [3.63, 3.8) is 0 Å². The average Bonchev–Trinajstić information content (AvgIpc) is 3.06. The minimum atomic E-state index is -0.226. The largest absolute Gasteiger partial charge is 0.378 e. The Hall–Kier alpha value is -1.59. The Morgan fingerprint density at radius 2 is 1.88 bits per heavy atom. The highest BCUT2D eigenvalue weighted by Crippen LogP contribution is 2.44. The number of morpholine rings is 1. The first-order valence-electron chi connectivity index (χ1n) is 9.39. The van der Waals surface area contributed by atoms with Gasteiger partial charge in [0.2, 0.25) is 11.8 Å². The summed E-state index contributed by atoms with van der Waals surface area (Å²) in [5, 5.41) is 3.47. The molecule has 5 nitrogen and oxygen atoms in total. The molecule has 142 valence electrons. The van der Waals surface area contributed by atoms with Crippen molar-refractivity contribution in [3.8, 4) is 0 Å². The van der Waals surface area contributed by atoms with Gasteiger partial charge in [0.25, 0.3) is 0 Å². The van der Waals surface area contributed by atoms with Gasteiger partial charge in [0.1, 0.15) is 0 Å². The van der Waals surface area contributed by atoms with E-state index in [1.54, 1.807) is 0 Å². The Labute approximate surface area is 160 Å². The lowest BCUT2D eigenvalue weighted by Crippen LogP contribution is -2.43. The maximum Gasteiger partial charge on any atom is 0.224 e. The summed E-state index contributed by atoms with van der Waals surface area (Å²) in [7, 11) is 0. The molecule has 0 bridgehead atoms. The minimum absolute atomic E-state index is 0.0626. The van der Waals surface area contributed by atoms with Crippen LogP contribution in [-0.4, -0.2) is 43.0 Å². The summed E-state index contributed by atoms with van der Waals surface area (Å²) in [5.74, 6) is 0.0869. The first-order valence-corrected chi connectivity index (χ1v) is 9.77. The third-order valence-electron chi connectivity index (χ3n) is 5.49. The van der Waals surface area contributed by atoms with E-state index in [1.165, 1.54) is 0 Å². The summed E-state index contributed by atoms with van der Waals surface area (Å²) < 4.78 is 5.33. The van der Waals surface area contributed by atoms with Crippen molar-refractivity contribution < 1.29 is 14.3 Å². The Morgan fingerprint density at radius 3 is 2.54 bits per heavy atom. The Morgan fingerprint density at radius 1 is 1.19 bits per heavy atom. The molecular formula is C20H27ClN2O3. The summed E-state index contributed by atoms with van der Waals surface area (Å²) in [5.41, 5.74) is 1.46. The maximum absolute atomic E-state index is 12.7. The summed E-state index contributed by atoms with van der Waals surface area (Å²) >= 11 is 6.22. The van der Waals surface area contributed by atoms with E-state index >= 15 is 0 Å². The van der Waals surface area contributed by atoms with Crippen LogP contribution in [0.25, 0.3) is 0 Å². The molecule has 1 saturated heterocycles. The van der Waals surface area contributed by atoms with E-state index in [0.29, 0.717) is 49.9 Å². The molecule has 1 aliphatic heterocycles. The number of aryl methyl sites for hydroxylation is 1. The lowest BCUT2D eigenvalue weighted by Gasteiger charge is -2.33. The van der Waals surface area contributed by atoms with E-state index in [2.05, 4.69) is 5.32 Å². The molecule has 3 rings (SSSR count). The fourth-order valence-electron chi connectivity index (χ4n) is 4.04. The molecular weight excluding hydrogens is 352 g/mol. The first kappa shape index (κ1) is 19.2. The fourth-order valence-corrected chi connectivity index (χ4v) is 4.33. The zero-order chi connectivity index (χ0) is 18.6. The highest BCUT2D eigenvalue weighted by Gasteiger charge is 2.39. The van der Waals surface area contributed by atoms with Crippen LogP contribution >= 0.6 is 11.6 Å². The number of benzene rings is 1. The van der Waals surface area contributed by atoms with E-state index in [4.69, 9.17) is 16.3 Å². The second-order valence-corrected chi connectivity index (χ2v) is 7.99. The van der Waals surface area contributed by atoms with Crippen LogP contribution < -0.4 is 5.32 Å². The molecule has 1 N–H and O–H groups in total. The van der Waals surface area contributed by atoms with Gasteiger partial charge in [-0.1, -0.05) is 30.5 Å². The van der Waals surface area contributed by atoms with Gasteiger partial charge in [0, 0.05) is 25.9 Å². The van der Waals surface area contributed by atoms with E-state index in [9.17, 15) is 9.59 Å².